The Morgan fingerprint density at radius 1 is 1.33 bits per heavy atom. The van der Waals surface area contributed by atoms with Gasteiger partial charge in [-0.05, 0) is 13.0 Å². The van der Waals surface area contributed by atoms with E-state index in [0.717, 1.165) is 0 Å². The van der Waals surface area contributed by atoms with Gasteiger partial charge in [-0.2, -0.15) is 18.2 Å². The maximum absolute atomic E-state index is 13.1. The maximum Gasteiger partial charge on any atom is 0.416 e. The van der Waals surface area contributed by atoms with Crippen molar-refractivity contribution in [3.05, 3.63) is 33.4 Å². The third-order valence-corrected chi connectivity index (χ3v) is 6.65. The summed E-state index contributed by atoms with van der Waals surface area (Å²) in [6.07, 6.45) is -4.20. The second-order valence-corrected chi connectivity index (χ2v) is 8.54. The summed E-state index contributed by atoms with van der Waals surface area (Å²) in [7, 11) is -2.29. The van der Waals surface area contributed by atoms with E-state index < -0.39 is 55.3 Å². The molecule has 9 nitrogen and oxygen atoms in total. The molecule has 0 saturated carbocycles. The Labute approximate surface area is 170 Å². The van der Waals surface area contributed by atoms with Gasteiger partial charge < -0.3 is 14.4 Å². The first-order chi connectivity index (χ1) is 14.0. The van der Waals surface area contributed by atoms with E-state index >= 15 is 0 Å². The number of carbonyl (C=O) groups is 1. The molecule has 1 spiro atoms. The van der Waals surface area contributed by atoms with E-state index in [1.807, 2.05) is 6.92 Å². The number of fused-ring (bicyclic) bond motifs is 1. The quantitative estimate of drug-likeness (QED) is 0.480. The van der Waals surface area contributed by atoms with Crippen LogP contribution < -0.4 is 0 Å². The lowest BCUT2D eigenvalue weighted by molar-refractivity contribution is -0.388. The molecule has 30 heavy (non-hydrogen) atoms. The molecule has 3 heterocycles. The van der Waals surface area contributed by atoms with Crippen molar-refractivity contribution >= 4 is 27.6 Å². The fourth-order valence-corrected chi connectivity index (χ4v) is 5.17. The molecular formula is C17H16F3N3O6S. The third kappa shape index (κ3) is 3.50. The predicted octanol–water partition coefficient (Wildman–Crippen LogP) is 2.46. The molecule has 4 rings (SSSR count). The van der Waals surface area contributed by atoms with Gasteiger partial charge in [-0.15, -0.1) is 0 Å². The standard InChI is InChI=1S/C17H16F3N3O6S/c1-9-8-28-16(29-9)2-4-22(5-3-16)15-21-14(24)11-6-10(17(18,19)20)7-12(23(25)26)13(11)30(15)27/h6-7,9H,2-5,8H2,1H3/t9-,30?/m0/s1. The number of halogens is 3. The molecule has 1 aromatic carbocycles. The van der Waals surface area contributed by atoms with Crippen LogP contribution in [0.15, 0.2) is 22.0 Å². The number of hydrogen-bond donors (Lipinski definition) is 0. The van der Waals surface area contributed by atoms with Gasteiger partial charge in [0.05, 0.1) is 28.8 Å². The average molecular weight is 447 g/mol. The fraction of sp³-hybridized carbons (Fsp3) is 0.529. The molecule has 1 aromatic rings. The normalized spacial score (nSPS) is 25.9. The van der Waals surface area contributed by atoms with E-state index in [2.05, 4.69) is 4.99 Å². The summed E-state index contributed by atoms with van der Waals surface area (Å²) in [5, 5.41) is 11.2. The summed E-state index contributed by atoms with van der Waals surface area (Å²) in [4.78, 5) is 27.4. The van der Waals surface area contributed by atoms with Gasteiger partial charge in [-0.3, -0.25) is 14.9 Å². The van der Waals surface area contributed by atoms with Crippen LogP contribution in [0.3, 0.4) is 0 Å². The van der Waals surface area contributed by atoms with Gasteiger partial charge in [0, 0.05) is 32.0 Å². The molecule has 0 radical (unpaired) electrons. The second kappa shape index (κ2) is 7.10. The first-order valence-electron chi connectivity index (χ1n) is 9.02. The Kier molecular flexibility index (Phi) is 4.94. The number of rotatable bonds is 1. The highest BCUT2D eigenvalue weighted by Crippen LogP contribution is 2.40. The molecule has 2 fully saturated rings. The van der Waals surface area contributed by atoms with Gasteiger partial charge in [0.15, 0.2) is 5.79 Å². The Balaban J connectivity index is 1.67. The van der Waals surface area contributed by atoms with Crippen LogP contribution in [-0.2, 0) is 26.4 Å². The molecule has 13 heteroatoms. The number of benzene rings is 1. The SMILES string of the molecule is C[C@H]1COC2(CCN(C3=NC(=O)c4cc(C(F)(F)F)cc([N+](=O)[O-])c4S3=O)CC2)O1. The minimum Gasteiger partial charge on any atom is -0.348 e. The van der Waals surface area contributed by atoms with Crippen LogP contribution in [0.2, 0.25) is 0 Å². The molecular weight excluding hydrogens is 431 g/mol. The number of nitrogens with zero attached hydrogens (tertiary/aromatic N) is 3. The summed E-state index contributed by atoms with van der Waals surface area (Å²) >= 11 is 0. The van der Waals surface area contributed by atoms with Gasteiger partial charge in [0.2, 0.25) is 5.17 Å². The van der Waals surface area contributed by atoms with Crippen molar-refractivity contribution in [1.82, 2.24) is 4.90 Å². The van der Waals surface area contributed by atoms with Crippen LogP contribution in [-0.4, -0.2) is 56.7 Å². The lowest BCUT2D eigenvalue weighted by Crippen LogP contribution is -2.49. The van der Waals surface area contributed by atoms with Crippen LogP contribution in [0.4, 0.5) is 18.9 Å². The number of aliphatic imine (C=N–C) groups is 1. The molecule has 2 atom stereocenters. The highest BCUT2D eigenvalue weighted by molar-refractivity contribution is 8.00. The van der Waals surface area contributed by atoms with Gasteiger partial charge >= 0.3 is 6.18 Å². The molecule has 1 unspecified atom stereocenters. The van der Waals surface area contributed by atoms with Crippen molar-refractivity contribution in [2.24, 2.45) is 4.99 Å². The highest BCUT2D eigenvalue weighted by Gasteiger charge is 2.46. The summed E-state index contributed by atoms with van der Waals surface area (Å²) in [5.41, 5.74) is -3.08. The number of amidine groups is 1. The number of ether oxygens (including phenoxy) is 2. The zero-order chi connectivity index (χ0) is 21.8. The van der Waals surface area contributed by atoms with E-state index in [0.29, 0.717) is 31.6 Å². The lowest BCUT2D eigenvalue weighted by Gasteiger charge is -2.39. The zero-order valence-corrected chi connectivity index (χ0v) is 16.4. The van der Waals surface area contributed by atoms with Gasteiger partial charge in [-0.1, -0.05) is 0 Å². The number of alkyl halides is 3. The van der Waals surface area contributed by atoms with E-state index in [4.69, 9.17) is 9.47 Å². The summed E-state index contributed by atoms with van der Waals surface area (Å²) in [5.74, 6) is -1.88. The molecule has 0 bridgehead atoms. The Hall–Kier alpha value is -2.38. The van der Waals surface area contributed by atoms with Crippen LogP contribution in [0.25, 0.3) is 0 Å². The topological polar surface area (TPSA) is 111 Å². The number of nitro benzene ring substituents is 1. The number of amides is 1. The fourth-order valence-electron chi connectivity index (χ4n) is 3.74. The summed E-state index contributed by atoms with van der Waals surface area (Å²) in [6.45, 7) is 2.82. The summed E-state index contributed by atoms with van der Waals surface area (Å²) in [6, 6.07) is 0.745. The first-order valence-corrected chi connectivity index (χ1v) is 10.2. The minimum absolute atomic E-state index is 0.0726. The molecule has 162 valence electrons. The smallest absolute Gasteiger partial charge is 0.348 e. The molecule has 0 aliphatic carbocycles. The zero-order valence-electron chi connectivity index (χ0n) is 15.6. The van der Waals surface area contributed by atoms with Crippen molar-refractivity contribution in [3.8, 4) is 0 Å². The number of nitro groups is 1. The molecule has 1 amide bonds. The lowest BCUT2D eigenvalue weighted by atomic mass is 10.0. The van der Waals surface area contributed by atoms with Gasteiger partial charge in [-0.25, -0.2) is 4.21 Å². The number of likely N-dealkylation sites (tertiary alicyclic amines) is 1. The minimum atomic E-state index is -4.91. The highest BCUT2D eigenvalue weighted by atomic mass is 32.2. The van der Waals surface area contributed by atoms with E-state index in [9.17, 15) is 32.3 Å². The average Bonchev–Trinajstić information content (AvgIpc) is 3.03. The van der Waals surface area contributed by atoms with Crippen LogP contribution >= 0.6 is 0 Å². The maximum atomic E-state index is 13.1. The molecule has 2 saturated heterocycles. The Morgan fingerprint density at radius 2 is 2.00 bits per heavy atom. The van der Waals surface area contributed by atoms with E-state index in [1.165, 1.54) is 4.90 Å². The molecule has 0 aromatic heterocycles. The third-order valence-electron chi connectivity index (χ3n) is 5.16. The molecule has 3 aliphatic rings. The van der Waals surface area contributed by atoms with Gasteiger partial charge in [0.25, 0.3) is 11.6 Å². The van der Waals surface area contributed by atoms with Gasteiger partial charge in [0.1, 0.15) is 15.7 Å². The van der Waals surface area contributed by atoms with E-state index in [-0.39, 0.29) is 24.4 Å². The largest absolute Gasteiger partial charge is 0.416 e. The van der Waals surface area contributed by atoms with Crippen molar-refractivity contribution < 1.29 is 36.6 Å². The van der Waals surface area contributed by atoms with Crippen molar-refractivity contribution in [3.63, 3.8) is 0 Å². The van der Waals surface area contributed by atoms with Crippen molar-refractivity contribution in [2.45, 2.75) is 42.7 Å². The van der Waals surface area contributed by atoms with Crippen LogP contribution in [0.1, 0.15) is 35.7 Å². The Morgan fingerprint density at radius 3 is 2.53 bits per heavy atom. The second-order valence-electron chi connectivity index (χ2n) is 7.23. The molecule has 3 aliphatic heterocycles. The van der Waals surface area contributed by atoms with Crippen LogP contribution in [0.5, 0.6) is 0 Å². The monoisotopic (exact) mass is 447 g/mol. The predicted molar refractivity (Wildman–Crippen MR) is 96.3 cm³/mol. The van der Waals surface area contributed by atoms with Crippen molar-refractivity contribution in [1.29, 1.82) is 0 Å². The van der Waals surface area contributed by atoms with E-state index in [1.54, 1.807) is 0 Å². The van der Waals surface area contributed by atoms with Crippen LogP contribution in [0, 0.1) is 10.1 Å². The first kappa shape index (κ1) is 20.9. The molecule has 0 N–H and O–H groups in total. The van der Waals surface area contributed by atoms with Crippen molar-refractivity contribution in [2.75, 3.05) is 19.7 Å². The number of hydrogen-bond acceptors (Lipinski definition) is 7. The number of carbonyl (C=O) groups excluding carboxylic acids is 1. The number of piperidine rings is 1. The summed E-state index contributed by atoms with van der Waals surface area (Å²) < 4.78 is 63.8. The Bertz CT molecular complexity index is 988.